The summed E-state index contributed by atoms with van der Waals surface area (Å²) in [7, 11) is 1.69. The van der Waals surface area contributed by atoms with Crippen molar-refractivity contribution in [1.82, 2.24) is 0 Å². The second-order valence-electron chi connectivity index (χ2n) is 4.66. The Hall–Kier alpha value is -1.91. The summed E-state index contributed by atoms with van der Waals surface area (Å²) in [5.41, 5.74) is 8.37. The maximum Gasteiger partial charge on any atom is 0.258 e. The molecular formula is C16H15ClN2OS. The molecule has 2 aromatic carbocycles. The van der Waals surface area contributed by atoms with Gasteiger partial charge in [-0.1, -0.05) is 42.0 Å². The third kappa shape index (κ3) is 3.06. The molecular weight excluding hydrogens is 304 g/mol. The standard InChI is InChI=1S/C16H15ClN2OS/c1-10-11(7-5-8-13(10)17)16(20)19(2)14-9-4-3-6-12(14)15(18)21/h3-9H,1-2H3,(H2,18,21). The van der Waals surface area contributed by atoms with Crippen LogP contribution < -0.4 is 10.6 Å². The second-order valence-corrected chi connectivity index (χ2v) is 5.50. The summed E-state index contributed by atoms with van der Waals surface area (Å²) >= 11 is 11.1. The first-order valence-electron chi connectivity index (χ1n) is 6.35. The van der Waals surface area contributed by atoms with Crippen LogP contribution in [0.25, 0.3) is 0 Å². The average molecular weight is 319 g/mol. The summed E-state index contributed by atoms with van der Waals surface area (Å²) in [5.74, 6) is -0.154. The van der Waals surface area contributed by atoms with Crippen LogP contribution in [0, 0.1) is 6.92 Å². The molecule has 0 heterocycles. The highest BCUT2D eigenvalue weighted by Crippen LogP contribution is 2.24. The van der Waals surface area contributed by atoms with Crippen molar-refractivity contribution in [3.8, 4) is 0 Å². The first-order valence-corrected chi connectivity index (χ1v) is 7.14. The molecule has 1 amide bonds. The summed E-state index contributed by atoms with van der Waals surface area (Å²) in [6, 6.07) is 12.6. The molecule has 2 rings (SSSR count). The van der Waals surface area contributed by atoms with Crippen molar-refractivity contribution in [1.29, 1.82) is 0 Å². The number of thiocarbonyl (C=S) groups is 1. The number of rotatable bonds is 3. The van der Waals surface area contributed by atoms with Crippen LogP contribution in [-0.4, -0.2) is 17.9 Å². The summed E-state index contributed by atoms with van der Waals surface area (Å²) in [5, 5.41) is 0.567. The Morgan fingerprint density at radius 3 is 2.43 bits per heavy atom. The molecule has 0 aliphatic carbocycles. The van der Waals surface area contributed by atoms with Crippen molar-refractivity contribution >= 4 is 40.4 Å². The number of amides is 1. The molecule has 5 heteroatoms. The van der Waals surface area contributed by atoms with Crippen molar-refractivity contribution in [2.24, 2.45) is 5.73 Å². The molecule has 2 N–H and O–H groups in total. The second kappa shape index (κ2) is 6.24. The zero-order valence-electron chi connectivity index (χ0n) is 11.8. The molecule has 0 fully saturated rings. The summed E-state index contributed by atoms with van der Waals surface area (Å²) < 4.78 is 0. The van der Waals surface area contributed by atoms with Gasteiger partial charge in [0.15, 0.2) is 0 Å². The van der Waals surface area contributed by atoms with Crippen LogP contribution >= 0.6 is 23.8 Å². The van der Waals surface area contributed by atoms with Crippen molar-refractivity contribution < 1.29 is 4.79 Å². The minimum Gasteiger partial charge on any atom is -0.389 e. The highest BCUT2D eigenvalue weighted by Gasteiger charge is 2.19. The summed E-state index contributed by atoms with van der Waals surface area (Å²) in [4.78, 5) is 14.5. The molecule has 21 heavy (non-hydrogen) atoms. The lowest BCUT2D eigenvalue weighted by Gasteiger charge is -2.21. The number of benzene rings is 2. The molecule has 0 atom stereocenters. The molecule has 0 bridgehead atoms. The third-order valence-corrected chi connectivity index (χ3v) is 3.96. The lowest BCUT2D eigenvalue weighted by Crippen LogP contribution is -2.29. The molecule has 0 saturated heterocycles. The van der Waals surface area contributed by atoms with Crippen LogP contribution in [0.4, 0.5) is 5.69 Å². The minimum atomic E-state index is -0.154. The lowest BCUT2D eigenvalue weighted by atomic mass is 10.1. The van der Waals surface area contributed by atoms with Gasteiger partial charge in [0.25, 0.3) is 5.91 Å². The first kappa shape index (κ1) is 15.5. The molecule has 0 aromatic heterocycles. The highest BCUT2D eigenvalue weighted by atomic mass is 35.5. The average Bonchev–Trinajstić information content (AvgIpc) is 2.48. The summed E-state index contributed by atoms with van der Waals surface area (Å²) in [6.07, 6.45) is 0. The smallest absolute Gasteiger partial charge is 0.258 e. The molecule has 2 aromatic rings. The maximum absolute atomic E-state index is 12.7. The normalized spacial score (nSPS) is 10.2. The molecule has 0 spiro atoms. The predicted octanol–water partition coefficient (Wildman–Crippen LogP) is 3.56. The van der Waals surface area contributed by atoms with E-state index < -0.39 is 0 Å². The number of nitrogens with two attached hydrogens (primary N) is 1. The van der Waals surface area contributed by atoms with Crippen LogP contribution in [0.3, 0.4) is 0 Å². The van der Waals surface area contributed by atoms with Crippen LogP contribution in [0.2, 0.25) is 5.02 Å². The Morgan fingerprint density at radius 2 is 1.76 bits per heavy atom. The lowest BCUT2D eigenvalue weighted by molar-refractivity contribution is 0.0992. The van der Waals surface area contributed by atoms with E-state index in [-0.39, 0.29) is 10.9 Å². The fourth-order valence-corrected chi connectivity index (χ4v) is 2.45. The monoisotopic (exact) mass is 318 g/mol. The van der Waals surface area contributed by atoms with E-state index >= 15 is 0 Å². The molecule has 0 radical (unpaired) electrons. The number of halogens is 1. The zero-order chi connectivity index (χ0) is 15.6. The molecule has 0 aliphatic rings. The molecule has 3 nitrogen and oxygen atoms in total. The fraction of sp³-hybridized carbons (Fsp3) is 0.125. The van der Waals surface area contributed by atoms with Gasteiger partial charge in [0.1, 0.15) is 4.99 Å². The van der Waals surface area contributed by atoms with Gasteiger partial charge < -0.3 is 10.6 Å². The SMILES string of the molecule is Cc1c(Cl)cccc1C(=O)N(C)c1ccccc1C(N)=S. The van der Waals surface area contributed by atoms with Crippen LogP contribution in [0.5, 0.6) is 0 Å². The van der Waals surface area contributed by atoms with Crippen molar-refractivity contribution in [3.05, 3.63) is 64.2 Å². The van der Waals surface area contributed by atoms with Crippen LogP contribution in [0.1, 0.15) is 21.5 Å². The van der Waals surface area contributed by atoms with Gasteiger partial charge in [-0.25, -0.2) is 0 Å². The van der Waals surface area contributed by atoms with Crippen molar-refractivity contribution in [2.75, 3.05) is 11.9 Å². The van der Waals surface area contributed by atoms with Gasteiger partial charge in [0, 0.05) is 23.2 Å². The molecule has 0 aliphatic heterocycles. The third-order valence-electron chi connectivity index (χ3n) is 3.33. The number of anilines is 1. The molecule has 0 saturated carbocycles. The van der Waals surface area contributed by atoms with E-state index in [1.165, 1.54) is 4.90 Å². The number of carbonyl (C=O) groups is 1. The number of nitrogens with zero attached hydrogens (tertiary/aromatic N) is 1. The Morgan fingerprint density at radius 1 is 1.14 bits per heavy atom. The van der Waals surface area contributed by atoms with Gasteiger partial charge in [-0.05, 0) is 36.8 Å². The van der Waals surface area contributed by atoms with Crippen molar-refractivity contribution in [3.63, 3.8) is 0 Å². The van der Waals surface area contributed by atoms with E-state index in [1.807, 2.05) is 25.1 Å². The van der Waals surface area contributed by atoms with Crippen LogP contribution in [-0.2, 0) is 0 Å². The first-order chi connectivity index (χ1) is 9.93. The molecule has 108 valence electrons. The van der Waals surface area contributed by atoms with Gasteiger partial charge in [-0.15, -0.1) is 0 Å². The Balaban J connectivity index is 2.45. The van der Waals surface area contributed by atoms with E-state index in [9.17, 15) is 4.79 Å². The topological polar surface area (TPSA) is 46.3 Å². The summed E-state index contributed by atoms with van der Waals surface area (Å²) in [6.45, 7) is 1.82. The van der Waals surface area contributed by atoms with E-state index in [0.717, 1.165) is 5.56 Å². The highest BCUT2D eigenvalue weighted by molar-refractivity contribution is 7.80. The van der Waals surface area contributed by atoms with Crippen molar-refractivity contribution in [2.45, 2.75) is 6.92 Å². The van der Waals surface area contributed by atoms with Gasteiger partial charge in [-0.2, -0.15) is 0 Å². The zero-order valence-corrected chi connectivity index (χ0v) is 13.3. The van der Waals surface area contributed by atoms with E-state index in [2.05, 4.69) is 0 Å². The Bertz CT molecular complexity index is 715. The largest absolute Gasteiger partial charge is 0.389 e. The van der Waals surface area contributed by atoms with E-state index in [1.54, 1.807) is 31.3 Å². The predicted molar refractivity (Wildman–Crippen MR) is 91.3 cm³/mol. The van der Waals surface area contributed by atoms with Gasteiger partial charge in [0.2, 0.25) is 0 Å². The fourth-order valence-electron chi connectivity index (χ4n) is 2.10. The molecule has 0 unspecified atom stereocenters. The minimum absolute atomic E-state index is 0.154. The maximum atomic E-state index is 12.7. The van der Waals surface area contributed by atoms with Gasteiger partial charge in [0.05, 0.1) is 5.69 Å². The van der Waals surface area contributed by atoms with E-state index in [0.29, 0.717) is 21.8 Å². The van der Waals surface area contributed by atoms with E-state index in [4.69, 9.17) is 29.6 Å². The Labute approximate surface area is 134 Å². The van der Waals surface area contributed by atoms with Crippen LogP contribution in [0.15, 0.2) is 42.5 Å². The van der Waals surface area contributed by atoms with Gasteiger partial charge in [-0.3, -0.25) is 4.79 Å². The quantitative estimate of drug-likeness (QED) is 0.880. The Kier molecular flexibility index (Phi) is 4.60. The number of para-hydroxylation sites is 1. The number of hydrogen-bond donors (Lipinski definition) is 1. The number of carbonyl (C=O) groups excluding carboxylic acids is 1. The van der Waals surface area contributed by atoms with Gasteiger partial charge >= 0.3 is 0 Å². The number of hydrogen-bond acceptors (Lipinski definition) is 2.